The highest BCUT2D eigenvalue weighted by atomic mass is 32.2. The van der Waals surface area contributed by atoms with Crippen LogP contribution in [-0.4, -0.2) is 48.7 Å². The molecule has 0 bridgehead atoms. The molecule has 2 aromatic carbocycles. The molecule has 0 radical (unpaired) electrons. The number of carbonyl (C=O) groups excluding carboxylic acids is 2. The second-order valence-corrected chi connectivity index (χ2v) is 9.72. The summed E-state index contributed by atoms with van der Waals surface area (Å²) in [5.74, 6) is -1.52. The van der Waals surface area contributed by atoms with E-state index in [0.717, 1.165) is 19.3 Å². The predicted molar refractivity (Wildman–Crippen MR) is 120 cm³/mol. The maximum absolute atomic E-state index is 12.9. The third kappa shape index (κ3) is 5.74. The highest BCUT2D eigenvalue weighted by Crippen LogP contribution is 2.24. The standard InChI is InChI=1S/C22H25N3O7S/c1-15-9-10-19(33(30,31)24-11-4-3-5-12-24)14-20(15)22(27)32-16(2)21(26)23-17-7-6-8-18(13-17)25(28)29/h6-10,13-14,16H,3-5,11-12H2,1-2H3,(H,23,26)/t16-/m0/s1. The first kappa shape index (κ1) is 24.3. The van der Waals surface area contributed by atoms with Crippen LogP contribution < -0.4 is 5.32 Å². The molecule has 1 saturated heterocycles. The van der Waals surface area contributed by atoms with Gasteiger partial charge in [0.05, 0.1) is 15.4 Å². The number of nitrogens with one attached hydrogen (secondary N) is 1. The number of nitrogens with zero attached hydrogens (tertiary/aromatic N) is 2. The van der Waals surface area contributed by atoms with E-state index in [2.05, 4.69) is 5.32 Å². The van der Waals surface area contributed by atoms with Gasteiger partial charge in [0.25, 0.3) is 11.6 Å². The van der Waals surface area contributed by atoms with Crippen molar-refractivity contribution in [3.63, 3.8) is 0 Å². The molecule has 0 unspecified atom stereocenters. The topological polar surface area (TPSA) is 136 Å². The van der Waals surface area contributed by atoms with Gasteiger partial charge in [0.1, 0.15) is 0 Å². The Balaban J connectivity index is 1.73. The van der Waals surface area contributed by atoms with E-state index in [9.17, 15) is 28.1 Å². The number of non-ortho nitro benzene ring substituents is 1. The first-order valence-electron chi connectivity index (χ1n) is 10.5. The van der Waals surface area contributed by atoms with E-state index < -0.39 is 32.9 Å². The average Bonchev–Trinajstić information content (AvgIpc) is 2.79. The summed E-state index contributed by atoms with van der Waals surface area (Å²) in [6, 6.07) is 9.61. The molecule has 33 heavy (non-hydrogen) atoms. The van der Waals surface area contributed by atoms with Crippen LogP contribution >= 0.6 is 0 Å². The Bertz CT molecular complexity index is 1170. The lowest BCUT2D eigenvalue weighted by Crippen LogP contribution is -2.35. The van der Waals surface area contributed by atoms with Crippen molar-refractivity contribution in [1.29, 1.82) is 0 Å². The van der Waals surface area contributed by atoms with Crippen LogP contribution in [-0.2, 0) is 19.6 Å². The summed E-state index contributed by atoms with van der Waals surface area (Å²) in [5.41, 5.74) is 0.537. The molecule has 0 aliphatic carbocycles. The van der Waals surface area contributed by atoms with Crippen LogP contribution in [0.4, 0.5) is 11.4 Å². The smallest absolute Gasteiger partial charge is 0.339 e. The van der Waals surface area contributed by atoms with E-state index in [4.69, 9.17) is 4.74 Å². The van der Waals surface area contributed by atoms with Gasteiger partial charge in [-0.15, -0.1) is 0 Å². The zero-order valence-electron chi connectivity index (χ0n) is 18.3. The van der Waals surface area contributed by atoms with E-state index in [-0.39, 0.29) is 21.8 Å². The van der Waals surface area contributed by atoms with Crippen molar-refractivity contribution < 1.29 is 27.7 Å². The van der Waals surface area contributed by atoms with Crippen molar-refractivity contribution >= 4 is 33.3 Å². The van der Waals surface area contributed by atoms with Gasteiger partial charge in [0.15, 0.2) is 6.10 Å². The Hall–Kier alpha value is -3.31. The summed E-state index contributed by atoms with van der Waals surface area (Å²) in [6.45, 7) is 3.87. The zero-order chi connectivity index (χ0) is 24.2. The maximum Gasteiger partial charge on any atom is 0.339 e. The molecule has 1 amide bonds. The Kier molecular flexibility index (Phi) is 7.44. The number of hydrogen-bond acceptors (Lipinski definition) is 7. The number of rotatable bonds is 7. The number of benzene rings is 2. The van der Waals surface area contributed by atoms with Gasteiger partial charge in [-0.05, 0) is 50.5 Å². The summed E-state index contributed by atoms with van der Waals surface area (Å²) < 4.78 is 32.5. The van der Waals surface area contributed by atoms with Crippen molar-refractivity contribution in [1.82, 2.24) is 4.31 Å². The third-order valence-electron chi connectivity index (χ3n) is 5.36. The molecule has 3 rings (SSSR count). The summed E-state index contributed by atoms with van der Waals surface area (Å²) in [6.07, 6.45) is 1.33. The minimum absolute atomic E-state index is 0.00403. The molecule has 1 fully saturated rings. The molecule has 2 aromatic rings. The van der Waals surface area contributed by atoms with Crippen LogP contribution in [0.3, 0.4) is 0 Å². The molecule has 1 atom stereocenters. The lowest BCUT2D eigenvalue weighted by molar-refractivity contribution is -0.384. The quantitative estimate of drug-likeness (QED) is 0.369. The van der Waals surface area contributed by atoms with E-state index in [1.165, 1.54) is 53.7 Å². The van der Waals surface area contributed by atoms with Gasteiger partial charge in [0.2, 0.25) is 10.0 Å². The number of anilines is 1. The number of carbonyl (C=O) groups is 2. The van der Waals surface area contributed by atoms with Crippen LogP contribution in [0, 0.1) is 17.0 Å². The van der Waals surface area contributed by atoms with Crippen molar-refractivity contribution in [3.05, 3.63) is 63.7 Å². The van der Waals surface area contributed by atoms with E-state index in [1.807, 2.05) is 0 Å². The first-order valence-corrected chi connectivity index (χ1v) is 11.9. The average molecular weight is 476 g/mol. The molecule has 0 saturated carbocycles. The second-order valence-electron chi connectivity index (χ2n) is 7.79. The predicted octanol–water partition coefficient (Wildman–Crippen LogP) is 3.26. The monoisotopic (exact) mass is 475 g/mol. The summed E-state index contributed by atoms with van der Waals surface area (Å²) in [5, 5.41) is 13.3. The van der Waals surface area contributed by atoms with Gasteiger partial charge in [-0.3, -0.25) is 14.9 Å². The molecular formula is C22H25N3O7S. The number of amides is 1. The molecule has 1 aliphatic rings. The van der Waals surface area contributed by atoms with Crippen LogP contribution in [0.15, 0.2) is 47.4 Å². The molecule has 1 heterocycles. The SMILES string of the molecule is Cc1ccc(S(=O)(=O)N2CCCCC2)cc1C(=O)O[C@@H](C)C(=O)Nc1cccc([N+](=O)[O-])c1. The number of esters is 1. The van der Waals surface area contributed by atoms with Gasteiger partial charge in [-0.1, -0.05) is 18.6 Å². The highest BCUT2D eigenvalue weighted by molar-refractivity contribution is 7.89. The Morgan fingerprint density at radius 2 is 1.82 bits per heavy atom. The van der Waals surface area contributed by atoms with Crippen LogP contribution in [0.25, 0.3) is 0 Å². The fourth-order valence-electron chi connectivity index (χ4n) is 3.45. The highest BCUT2D eigenvalue weighted by Gasteiger charge is 2.28. The van der Waals surface area contributed by atoms with Gasteiger partial charge in [0, 0.05) is 30.9 Å². The van der Waals surface area contributed by atoms with E-state index in [1.54, 1.807) is 6.92 Å². The normalized spacial score (nSPS) is 15.5. The van der Waals surface area contributed by atoms with Crippen molar-refractivity contribution in [2.45, 2.75) is 44.1 Å². The van der Waals surface area contributed by atoms with E-state index in [0.29, 0.717) is 18.7 Å². The number of hydrogen-bond donors (Lipinski definition) is 1. The molecule has 1 N–H and O–H groups in total. The minimum atomic E-state index is -3.74. The van der Waals surface area contributed by atoms with Crippen LogP contribution in [0.1, 0.15) is 42.1 Å². The van der Waals surface area contributed by atoms with Crippen LogP contribution in [0.5, 0.6) is 0 Å². The summed E-state index contributed by atoms with van der Waals surface area (Å²) in [7, 11) is -3.74. The maximum atomic E-state index is 12.9. The number of nitro benzene ring substituents is 1. The van der Waals surface area contributed by atoms with E-state index >= 15 is 0 Å². The molecule has 176 valence electrons. The second kappa shape index (κ2) is 10.1. The van der Waals surface area contributed by atoms with Crippen LogP contribution in [0.2, 0.25) is 0 Å². The van der Waals surface area contributed by atoms with Gasteiger partial charge < -0.3 is 10.1 Å². The fraction of sp³-hybridized carbons (Fsp3) is 0.364. The third-order valence-corrected chi connectivity index (χ3v) is 7.25. The number of sulfonamides is 1. The summed E-state index contributed by atoms with van der Waals surface area (Å²) >= 11 is 0. The lowest BCUT2D eigenvalue weighted by Gasteiger charge is -2.26. The number of aryl methyl sites for hydroxylation is 1. The first-order chi connectivity index (χ1) is 15.6. The lowest BCUT2D eigenvalue weighted by atomic mass is 10.1. The minimum Gasteiger partial charge on any atom is -0.449 e. The van der Waals surface area contributed by atoms with Gasteiger partial charge in [-0.25, -0.2) is 13.2 Å². The molecule has 11 heteroatoms. The number of nitro groups is 1. The molecular weight excluding hydrogens is 450 g/mol. The van der Waals surface area contributed by atoms with Crippen molar-refractivity contribution in [2.75, 3.05) is 18.4 Å². The molecule has 0 aromatic heterocycles. The van der Waals surface area contributed by atoms with Gasteiger partial charge >= 0.3 is 5.97 Å². The van der Waals surface area contributed by atoms with Crippen molar-refractivity contribution in [3.8, 4) is 0 Å². The Morgan fingerprint density at radius 1 is 1.12 bits per heavy atom. The van der Waals surface area contributed by atoms with Gasteiger partial charge in [-0.2, -0.15) is 4.31 Å². The largest absolute Gasteiger partial charge is 0.449 e. The molecule has 0 spiro atoms. The molecule has 1 aliphatic heterocycles. The Morgan fingerprint density at radius 3 is 2.48 bits per heavy atom. The zero-order valence-corrected chi connectivity index (χ0v) is 19.1. The summed E-state index contributed by atoms with van der Waals surface area (Å²) in [4.78, 5) is 35.4. The number of piperidine rings is 1. The van der Waals surface area contributed by atoms with Crippen molar-refractivity contribution in [2.24, 2.45) is 0 Å². The number of ether oxygens (including phenoxy) is 1. The molecule has 10 nitrogen and oxygen atoms in total. The Labute approximate surface area is 191 Å². The fourth-order valence-corrected chi connectivity index (χ4v) is 5.00.